The molecule has 0 bridgehead atoms. The van der Waals surface area contributed by atoms with Gasteiger partial charge in [-0.05, 0) is 24.0 Å². The van der Waals surface area contributed by atoms with E-state index >= 15 is 0 Å². The predicted octanol–water partition coefficient (Wildman–Crippen LogP) is 1.85. The summed E-state index contributed by atoms with van der Waals surface area (Å²) in [6.45, 7) is 6.40. The molecule has 1 saturated carbocycles. The summed E-state index contributed by atoms with van der Waals surface area (Å²) in [5, 5.41) is 0. The first kappa shape index (κ1) is 10.4. The van der Waals surface area contributed by atoms with Gasteiger partial charge < -0.3 is 10.5 Å². The summed E-state index contributed by atoms with van der Waals surface area (Å²) in [6, 6.07) is 2.39. The lowest BCUT2D eigenvalue weighted by Crippen LogP contribution is -2.06. The van der Waals surface area contributed by atoms with Crippen molar-refractivity contribution < 1.29 is 4.74 Å². The largest absolute Gasteiger partial charge is 0.481 e. The molecule has 1 aromatic rings. The lowest BCUT2D eigenvalue weighted by Gasteiger charge is -2.06. The van der Waals surface area contributed by atoms with Crippen molar-refractivity contribution >= 4 is 0 Å². The molecule has 82 valence electrons. The second-order valence-corrected chi connectivity index (χ2v) is 4.92. The molecule has 2 rings (SSSR count). The number of hydrogen-bond acceptors (Lipinski definition) is 3. The summed E-state index contributed by atoms with van der Waals surface area (Å²) in [6.07, 6.45) is 1.88. The van der Waals surface area contributed by atoms with Gasteiger partial charge in [-0.15, -0.1) is 0 Å². The van der Waals surface area contributed by atoms with Gasteiger partial charge in [-0.25, -0.2) is 4.98 Å². The third kappa shape index (κ3) is 1.51. The average molecular weight is 206 g/mol. The van der Waals surface area contributed by atoms with Gasteiger partial charge in [0, 0.05) is 23.7 Å². The standard InChI is InChI=1S/C12H18N2O/c1-7-5-8(6-14-11(7)15-4)9-10(13)12(9,2)3/h5-6,9-10H,13H2,1-4H3/t9-,10-/m1/s1. The maximum absolute atomic E-state index is 6.04. The topological polar surface area (TPSA) is 48.1 Å². The molecular formula is C12H18N2O. The van der Waals surface area contributed by atoms with Crippen molar-refractivity contribution in [1.29, 1.82) is 0 Å². The van der Waals surface area contributed by atoms with Gasteiger partial charge in [0.2, 0.25) is 5.88 Å². The van der Waals surface area contributed by atoms with E-state index < -0.39 is 0 Å². The van der Waals surface area contributed by atoms with E-state index in [0.717, 1.165) is 5.56 Å². The molecule has 3 heteroatoms. The molecule has 0 radical (unpaired) electrons. The molecule has 15 heavy (non-hydrogen) atoms. The molecule has 3 nitrogen and oxygen atoms in total. The van der Waals surface area contributed by atoms with Crippen molar-refractivity contribution in [2.75, 3.05) is 7.11 Å². The summed E-state index contributed by atoms with van der Waals surface area (Å²) >= 11 is 0. The minimum Gasteiger partial charge on any atom is -0.481 e. The summed E-state index contributed by atoms with van der Waals surface area (Å²) in [5.74, 6) is 1.14. The highest BCUT2D eigenvalue weighted by molar-refractivity contribution is 5.37. The minimum atomic E-state index is 0.211. The molecule has 0 spiro atoms. The van der Waals surface area contributed by atoms with Crippen LogP contribution >= 0.6 is 0 Å². The van der Waals surface area contributed by atoms with E-state index in [9.17, 15) is 0 Å². The third-order valence-corrected chi connectivity index (χ3v) is 3.51. The van der Waals surface area contributed by atoms with Gasteiger partial charge in [-0.3, -0.25) is 0 Å². The van der Waals surface area contributed by atoms with Crippen molar-refractivity contribution in [3.05, 3.63) is 23.4 Å². The molecule has 1 fully saturated rings. The van der Waals surface area contributed by atoms with Crippen LogP contribution in [-0.4, -0.2) is 18.1 Å². The fourth-order valence-electron chi connectivity index (χ4n) is 2.28. The number of aryl methyl sites for hydroxylation is 1. The van der Waals surface area contributed by atoms with Crippen molar-refractivity contribution in [1.82, 2.24) is 4.98 Å². The molecule has 0 unspecified atom stereocenters. The first-order chi connectivity index (χ1) is 6.98. The predicted molar refractivity (Wildman–Crippen MR) is 60.0 cm³/mol. The van der Waals surface area contributed by atoms with E-state index in [1.807, 2.05) is 13.1 Å². The maximum Gasteiger partial charge on any atom is 0.215 e. The first-order valence-corrected chi connectivity index (χ1v) is 5.24. The Morgan fingerprint density at radius 1 is 1.47 bits per heavy atom. The van der Waals surface area contributed by atoms with Crippen molar-refractivity contribution in [2.45, 2.75) is 32.7 Å². The van der Waals surface area contributed by atoms with Gasteiger partial charge in [-0.2, -0.15) is 0 Å². The number of rotatable bonds is 2. The van der Waals surface area contributed by atoms with Crippen molar-refractivity contribution in [2.24, 2.45) is 11.1 Å². The molecule has 1 heterocycles. The highest BCUT2D eigenvalue weighted by Gasteiger charge is 2.56. The Morgan fingerprint density at radius 2 is 2.07 bits per heavy atom. The number of aromatic nitrogens is 1. The van der Waals surface area contributed by atoms with Crippen LogP contribution in [0.3, 0.4) is 0 Å². The summed E-state index contributed by atoms with van der Waals surface area (Å²) < 4.78 is 5.14. The van der Waals surface area contributed by atoms with Gasteiger partial charge in [0.1, 0.15) is 0 Å². The zero-order chi connectivity index (χ0) is 11.2. The van der Waals surface area contributed by atoms with Gasteiger partial charge in [0.15, 0.2) is 0 Å². The van der Waals surface area contributed by atoms with E-state index in [1.165, 1.54) is 5.56 Å². The van der Waals surface area contributed by atoms with Gasteiger partial charge >= 0.3 is 0 Å². The van der Waals surface area contributed by atoms with E-state index in [1.54, 1.807) is 7.11 Å². The molecule has 0 saturated heterocycles. The Morgan fingerprint density at radius 3 is 2.47 bits per heavy atom. The SMILES string of the molecule is COc1ncc([C@@H]2[C@@H](N)C2(C)C)cc1C. The Bertz CT molecular complexity index is 387. The zero-order valence-electron chi connectivity index (χ0n) is 9.74. The molecule has 2 N–H and O–H groups in total. The lowest BCUT2D eigenvalue weighted by atomic mass is 10.0. The average Bonchev–Trinajstić information content (AvgIpc) is 2.66. The summed E-state index contributed by atoms with van der Waals surface area (Å²) in [5.41, 5.74) is 8.55. The number of ether oxygens (including phenoxy) is 1. The first-order valence-electron chi connectivity index (χ1n) is 5.24. The minimum absolute atomic E-state index is 0.211. The Labute approximate surface area is 90.7 Å². The van der Waals surface area contributed by atoms with Crippen LogP contribution in [0.15, 0.2) is 12.3 Å². The Kier molecular flexibility index (Phi) is 2.23. The molecule has 1 aliphatic rings. The number of methoxy groups -OCH3 is 1. The van der Waals surface area contributed by atoms with Gasteiger partial charge in [0.05, 0.1) is 7.11 Å². The number of nitrogens with zero attached hydrogens (tertiary/aromatic N) is 1. The van der Waals surface area contributed by atoms with E-state index in [-0.39, 0.29) is 11.5 Å². The normalized spacial score (nSPS) is 27.5. The Hall–Kier alpha value is -1.09. The Balaban J connectivity index is 2.29. The highest BCUT2D eigenvalue weighted by atomic mass is 16.5. The smallest absolute Gasteiger partial charge is 0.215 e. The van der Waals surface area contributed by atoms with Crippen LogP contribution in [0, 0.1) is 12.3 Å². The van der Waals surface area contributed by atoms with E-state index in [0.29, 0.717) is 11.8 Å². The molecule has 1 aliphatic carbocycles. The molecule has 1 aromatic heterocycles. The molecule has 0 aromatic carbocycles. The monoisotopic (exact) mass is 206 g/mol. The third-order valence-electron chi connectivity index (χ3n) is 3.51. The molecule has 0 aliphatic heterocycles. The summed E-state index contributed by atoms with van der Waals surface area (Å²) in [4.78, 5) is 4.28. The lowest BCUT2D eigenvalue weighted by molar-refractivity contribution is 0.394. The summed E-state index contributed by atoms with van der Waals surface area (Å²) in [7, 11) is 1.64. The number of hydrogen-bond donors (Lipinski definition) is 1. The van der Waals surface area contributed by atoms with E-state index in [2.05, 4.69) is 24.9 Å². The van der Waals surface area contributed by atoms with Crippen molar-refractivity contribution in [3.63, 3.8) is 0 Å². The van der Waals surface area contributed by atoms with Crippen LogP contribution in [0.5, 0.6) is 5.88 Å². The van der Waals surface area contributed by atoms with Crippen LogP contribution < -0.4 is 10.5 Å². The second-order valence-electron chi connectivity index (χ2n) is 4.92. The number of nitrogens with two attached hydrogens (primary N) is 1. The fraction of sp³-hybridized carbons (Fsp3) is 0.583. The fourth-order valence-corrected chi connectivity index (χ4v) is 2.28. The van der Waals surface area contributed by atoms with Crippen LogP contribution in [0.1, 0.15) is 30.9 Å². The molecule has 2 atom stereocenters. The van der Waals surface area contributed by atoms with Crippen LogP contribution in [-0.2, 0) is 0 Å². The van der Waals surface area contributed by atoms with Crippen LogP contribution in [0.2, 0.25) is 0 Å². The van der Waals surface area contributed by atoms with Gasteiger partial charge in [0.25, 0.3) is 0 Å². The highest BCUT2D eigenvalue weighted by Crippen LogP contribution is 2.57. The van der Waals surface area contributed by atoms with Crippen LogP contribution in [0.4, 0.5) is 0 Å². The number of pyridine rings is 1. The zero-order valence-corrected chi connectivity index (χ0v) is 9.74. The quantitative estimate of drug-likeness (QED) is 0.803. The maximum atomic E-state index is 6.04. The van der Waals surface area contributed by atoms with Crippen LogP contribution in [0.25, 0.3) is 0 Å². The molecular weight excluding hydrogens is 188 g/mol. The molecule has 0 amide bonds. The van der Waals surface area contributed by atoms with E-state index in [4.69, 9.17) is 10.5 Å². The van der Waals surface area contributed by atoms with Gasteiger partial charge in [-0.1, -0.05) is 13.8 Å². The van der Waals surface area contributed by atoms with Crippen molar-refractivity contribution in [3.8, 4) is 5.88 Å². The second kappa shape index (κ2) is 3.20.